The van der Waals surface area contributed by atoms with E-state index >= 15 is 0 Å². The van der Waals surface area contributed by atoms with Gasteiger partial charge in [-0.1, -0.05) is 12.6 Å². The van der Waals surface area contributed by atoms with E-state index in [0.717, 1.165) is 0 Å². The van der Waals surface area contributed by atoms with Crippen molar-refractivity contribution in [2.45, 2.75) is 6.92 Å². The minimum absolute atomic E-state index is 0.155. The van der Waals surface area contributed by atoms with Crippen LogP contribution in [0.5, 0.6) is 0 Å². The van der Waals surface area contributed by atoms with Gasteiger partial charge in [-0.3, -0.25) is 9.59 Å². The number of hydrogen-bond donors (Lipinski definition) is 2. The molecule has 0 radical (unpaired) electrons. The van der Waals surface area contributed by atoms with Crippen molar-refractivity contribution >= 4 is 17.5 Å². The fraction of sp³-hybridized carbons (Fsp3) is 0.167. The van der Waals surface area contributed by atoms with Gasteiger partial charge in [0.15, 0.2) is 0 Å². The van der Waals surface area contributed by atoms with Crippen molar-refractivity contribution < 1.29 is 9.59 Å². The molecule has 0 aromatic heterocycles. The van der Waals surface area contributed by atoms with Gasteiger partial charge in [-0.25, -0.2) is 0 Å². The van der Waals surface area contributed by atoms with Crippen LogP contribution in [0.15, 0.2) is 36.9 Å². The zero-order valence-electron chi connectivity index (χ0n) is 9.12. The number of nitrogens with one attached hydrogen (secondary N) is 2. The summed E-state index contributed by atoms with van der Waals surface area (Å²) < 4.78 is 0. The monoisotopic (exact) mass is 218 g/mol. The molecule has 4 heteroatoms. The Morgan fingerprint density at radius 1 is 1.44 bits per heavy atom. The van der Waals surface area contributed by atoms with E-state index in [0.29, 0.717) is 17.8 Å². The first-order valence-electron chi connectivity index (χ1n) is 4.99. The van der Waals surface area contributed by atoms with Crippen LogP contribution in [0.1, 0.15) is 17.3 Å². The Bertz CT molecular complexity index is 413. The lowest BCUT2D eigenvalue weighted by Crippen LogP contribution is -2.22. The molecule has 0 heterocycles. The maximum absolute atomic E-state index is 11.5. The van der Waals surface area contributed by atoms with Crippen LogP contribution in [-0.4, -0.2) is 18.4 Å². The molecule has 0 aliphatic rings. The van der Waals surface area contributed by atoms with Crippen molar-refractivity contribution in [2.24, 2.45) is 0 Å². The van der Waals surface area contributed by atoms with E-state index in [-0.39, 0.29) is 11.8 Å². The molecule has 0 saturated heterocycles. The molecule has 16 heavy (non-hydrogen) atoms. The Kier molecular flexibility index (Phi) is 4.27. The minimum Gasteiger partial charge on any atom is -0.352 e. The standard InChI is InChI=1S/C12H14N2O2/c1-3-11(15)14-10-7-5-6-9(8-10)12(16)13-4-2/h3,5-8H,1,4H2,2H3,(H,13,16)(H,14,15). The van der Waals surface area contributed by atoms with Gasteiger partial charge in [0.1, 0.15) is 0 Å². The number of anilines is 1. The Morgan fingerprint density at radius 3 is 2.81 bits per heavy atom. The quantitative estimate of drug-likeness (QED) is 0.753. The Morgan fingerprint density at radius 2 is 2.19 bits per heavy atom. The topological polar surface area (TPSA) is 58.2 Å². The predicted molar refractivity (Wildman–Crippen MR) is 63.3 cm³/mol. The van der Waals surface area contributed by atoms with E-state index in [2.05, 4.69) is 17.2 Å². The summed E-state index contributed by atoms with van der Waals surface area (Å²) in [6.45, 7) is 5.77. The molecule has 0 unspecified atom stereocenters. The number of hydrogen-bond acceptors (Lipinski definition) is 2. The molecule has 2 amide bonds. The summed E-state index contributed by atoms with van der Waals surface area (Å²) in [5.74, 6) is -0.453. The van der Waals surface area contributed by atoms with E-state index in [1.54, 1.807) is 24.3 Å². The second kappa shape index (κ2) is 5.70. The van der Waals surface area contributed by atoms with Crippen LogP contribution in [0, 0.1) is 0 Å². The maximum atomic E-state index is 11.5. The normalized spacial score (nSPS) is 9.31. The lowest BCUT2D eigenvalue weighted by molar-refractivity contribution is -0.111. The third kappa shape index (κ3) is 3.24. The van der Waals surface area contributed by atoms with Crippen LogP contribution in [-0.2, 0) is 4.79 Å². The fourth-order valence-corrected chi connectivity index (χ4v) is 1.19. The molecule has 84 valence electrons. The molecule has 0 spiro atoms. The Hall–Kier alpha value is -2.10. The predicted octanol–water partition coefficient (Wildman–Crippen LogP) is 1.56. The highest BCUT2D eigenvalue weighted by Gasteiger charge is 2.05. The van der Waals surface area contributed by atoms with Gasteiger partial charge in [0, 0.05) is 17.8 Å². The third-order valence-corrected chi connectivity index (χ3v) is 1.92. The van der Waals surface area contributed by atoms with E-state index in [9.17, 15) is 9.59 Å². The molecule has 0 aliphatic carbocycles. The first-order valence-corrected chi connectivity index (χ1v) is 4.99. The van der Waals surface area contributed by atoms with E-state index in [4.69, 9.17) is 0 Å². The molecule has 2 N–H and O–H groups in total. The highest BCUT2D eigenvalue weighted by atomic mass is 16.2. The highest BCUT2D eigenvalue weighted by molar-refractivity contribution is 6.00. The van der Waals surface area contributed by atoms with Gasteiger partial charge in [0.05, 0.1) is 0 Å². The van der Waals surface area contributed by atoms with Gasteiger partial charge >= 0.3 is 0 Å². The van der Waals surface area contributed by atoms with Gasteiger partial charge in [0.25, 0.3) is 5.91 Å². The summed E-state index contributed by atoms with van der Waals surface area (Å²) >= 11 is 0. The van der Waals surface area contributed by atoms with Crippen LogP contribution >= 0.6 is 0 Å². The molecule has 0 saturated carbocycles. The van der Waals surface area contributed by atoms with Crippen LogP contribution < -0.4 is 10.6 Å². The summed E-state index contributed by atoms with van der Waals surface area (Å²) in [5, 5.41) is 5.28. The zero-order chi connectivity index (χ0) is 12.0. The summed E-state index contributed by atoms with van der Waals surface area (Å²) in [6, 6.07) is 6.73. The maximum Gasteiger partial charge on any atom is 0.251 e. The second-order valence-electron chi connectivity index (χ2n) is 3.13. The number of benzene rings is 1. The van der Waals surface area contributed by atoms with Crippen molar-refractivity contribution in [2.75, 3.05) is 11.9 Å². The number of carbonyl (C=O) groups is 2. The van der Waals surface area contributed by atoms with E-state index in [1.165, 1.54) is 6.08 Å². The summed E-state index contributed by atoms with van der Waals surface area (Å²) in [7, 11) is 0. The molecule has 0 aliphatic heterocycles. The lowest BCUT2D eigenvalue weighted by atomic mass is 10.2. The second-order valence-corrected chi connectivity index (χ2v) is 3.13. The molecule has 1 rings (SSSR count). The van der Waals surface area contributed by atoms with Gasteiger partial charge < -0.3 is 10.6 Å². The van der Waals surface area contributed by atoms with Crippen molar-refractivity contribution in [3.8, 4) is 0 Å². The Labute approximate surface area is 94.4 Å². The molecule has 4 nitrogen and oxygen atoms in total. The fourth-order valence-electron chi connectivity index (χ4n) is 1.19. The summed E-state index contributed by atoms with van der Waals surface area (Å²) in [6.07, 6.45) is 1.18. The molecule has 0 fully saturated rings. The van der Waals surface area contributed by atoms with Crippen LogP contribution in [0.25, 0.3) is 0 Å². The van der Waals surface area contributed by atoms with Crippen molar-refractivity contribution in [1.82, 2.24) is 5.32 Å². The number of amides is 2. The first kappa shape index (κ1) is 12.0. The van der Waals surface area contributed by atoms with Gasteiger partial charge in [-0.05, 0) is 31.2 Å². The van der Waals surface area contributed by atoms with Crippen molar-refractivity contribution in [1.29, 1.82) is 0 Å². The lowest BCUT2D eigenvalue weighted by Gasteiger charge is -2.05. The average Bonchev–Trinajstić information content (AvgIpc) is 2.29. The molecule has 1 aromatic carbocycles. The van der Waals surface area contributed by atoms with E-state index < -0.39 is 0 Å². The summed E-state index contributed by atoms with van der Waals surface area (Å²) in [4.78, 5) is 22.6. The summed E-state index contributed by atoms with van der Waals surface area (Å²) in [5.41, 5.74) is 1.09. The van der Waals surface area contributed by atoms with Crippen LogP contribution in [0.2, 0.25) is 0 Å². The Balaban J connectivity index is 2.82. The van der Waals surface area contributed by atoms with Gasteiger partial charge in [0.2, 0.25) is 5.91 Å². The highest BCUT2D eigenvalue weighted by Crippen LogP contribution is 2.10. The van der Waals surface area contributed by atoms with E-state index in [1.807, 2.05) is 6.92 Å². The van der Waals surface area contributed by atoms with Crippen LogP contribution in [0.3, 0.4) is 0 Å². The van der Waals surface area contributed by atoms with Gasteiger partial charge in [-0.15, -0.1) is 0 Å². The number of carbonyl (C=O) groups excluding carboxylic acids is 2. The largest absolute Gasteiger partial charge is 0.352 e. The molecular formula is C12H14N2O2. The molecule has 0 atom stereocenters. The minimum atomic E-state index is -0.298. The molecule has 1 aromatic rings. The zero-order valence-corrected chi connectivity index (χ0v) is 9.12. The SMILES string of the molecule is C=CC(=O)Nc1cccc(C(=O)NCC)c1. The molecule has 0 bridgehead atoms. The average molecular weight is 218 g/mol. The van der Waals surface area contributed by atoms with Crippen LogP contribution in [0.4, 0.5) is 5.69 Å². The third-order valence-electron chi connectivity index (χ3n) is 1.92. The number of rotatable bonds is 4. The first-order chi connectivity index (χ1) is 7.67. The molecular weight excluding hydrogens is 204 g/mol. The smallest absolute Gasteiger partial charge is 0.251 e. The van der Waals surface area contributed by atoms with Gasteiger partial charge in [-0.2, -0.15) is 0 Å². The van der Waals surface area contributed by atoms with Crippen molar-refractivity contribution in [3.63, 3.8) is 0 Å². The van der Waals surface area contributed by atoms with Crippen molar-refractivity contribution in [3.05, 3.63) is 42.5 Å².